The van der Waals surface area contributed by atoms with Crippen LogP contribution in [0.2, 0.25) is 0 Å². The maximum absolute atomic E-state index is 2.34. The van der Waals surface area contributed by atoms with E-state index < -0.39 is 0 Å². The molecule has 8 aromatic rings. The van der Waals surface area contributed by atoms with Crippen molar-refractivity contribution in [1.29, 1.82) is 0 Å². The average molecular weight is 505 g/mol. The van der Waals surface area contributed by atoms with Crippen LogP contribution in [0.5, 0.6) is 0 Å². The zero-order valence-corrected chi connectivity index (χ0v) is 21.9. The Balaban J connectivity index is 0.000000115. The summed E-state index contributed by atoms with van der Waals surface area (Å²) in [5.74, 6) is 0. The van der Waals surface area contributed by atoms with Crippen LogP contribution in [0, 0.1) is 0 Å². The maximum Gasteiger partial charge on any atom is -0.00199 e. The molecule has 0 amide bonds. The first kappa shape index (κ1) is 21.7. The van der Waals surface area contributed by atoms with Gasteiger partial charge in [-0.2, -0.15) is 0 Å². The third-order valence-corrected chi connectivity index (χ3v) is 8.76. The highest BCUT2D eigenvalue weighted by Crippen LogP contribution is 2.50. The summed E-state index contributed by atoms with van der Waals surface area (Å²) in [7, 11) is 0. The summed E-state index contributed by atoms with van der Waals surface area (Å²) in [6.07, 6.45) is 0. The van der Waals surface area contributed by atoms with Gasteiger partial charge in [0.15, 0.2) is 0 Å². The second-order valence-corrected chi connectivity index (χ2v) is 10.9. The highest BCUT2D eigenvalue weighted by Gasteiger charge is 2.22. The van der Waals surface area contributed by atoms with E-state index in [1.165, 1.54) is 87.6 Å². The molecule has 8 aromatic carbocycles. The first-order valence-corrected chi connectivity index (χ1v) is 13.9. The van der Waals surface area contributed by atoms with E-state index >= 15 is 0 Å². The lowest BCUT2D eigenvalue weighted by Gasteiger charge is -2.07. The predicted molar refractivity (Wildman–Crippen MR) is 172 cm³/mol. The minimum absolute atomic E-state index is 1.32. The summed E-state index contributed by atoms with van der Waals surface area (Å²) in [5, 5.41) is 10.8. The van der Waals surface area contributed by atoms with Crippen molar-refractivity contribution in [2.24, 2.45) is 0 Å². The Morgan fingerprint density at radius 1 is 0.225 bits per heavy atom. The minimum Gasteiger partial charge on any atom is -0.0616 e. The first-order chi connectivity index (χ1) is 19.8. The number of rotatable bonds is 0. The maximum atomic E-state index is 2.34. The quantitative estimate of drug-likeness (QED) is 0.180. The molecule has 0 saturated heterocycles. The highest BCUT2D eigenvalue weighted by molar-refractivity contribution is 6.23. The van der Waals surface area contributed by atoms with Crippen molar-refractivity contribution in [3.8, 4) is 44.5 Å². The van der Waals surface area contributed by atoms with Crippen LogP contribution in [-0.2, 0) is 0 Å². The van der Waals surface area contributed by atoms with Gasteiger partial charge < -0.3 is 0 Å². The van der Waals surface area contributed by atoms with Gasteiger partial charge in [-0.1, -0.05) is 127 Å². The minimum atomic E-state index is 1.32. The molecular formula is C40H24. The Bertz CT molecular complexity index is 2240. The molecule has 0 radical (unpaired) electrons. The third kappa shape index (κ3) is 2.96. The molecule has 40 heavy (non-hydrogen) atoms. The van der Waals surface area contributed by atoms with Crippen LogP contribution in [0.25, 0.3) is 87.6 Å². The summed E-state index contributed by atoms with van der Waals surface area (Å²) >= 11 is 0. The molecule has 2 aliphatic carbocycles. The Morgan fingerprint density at radius 2 is 0.650 bits per heavy atom. The molecule has 0 nitrogen and oxygen atoms in total. The van der Waals surface area contributed by atoms with Crippen LogP contribution in [0.1, 0.15) is 0 Å². The predicted octanol–water partition coefficient (Wildman–Crippen LogP) is 11.3. The van der Waals surface area contributed by atoms with Gasteiger partial charge in [0.25, 0.3) is 0 Å². The molecule has 0 heterocycles. The number of hydrogen-bond acceptors (Lipinski definition) is 0. The molecule has 0 saturated carbocycles. The van der Waals surface area contributed by atoms with Gasteiger partial charge in [-0.15, -0.1) is 0 Å². The molecule has 0 unspecified atom stereocenters. The zero-order chi connectivity index (χ0) is 26.2. The molecule has 2 aliphatic rings. The van der Waals surface area contributed by atoms with Gasteiger partial charge in [-0.05, 0) is 106 Å². The average Bonchev–Trinajstić information content (AvgIpc) is 3.51. The smallest absolute Gasteiger partial charge is 0.00199 e. The van der Waals surface area contributed by atoms with Gasteiger partial charge in [0, 0.05) is 0 Å². The van der Waals surface area contributed by atoms with Crippen molar-refractivity contribution in [3.05, 3.63) is 146 Å². The molecule has 0 atom stereocenters. The second-order valence-electron chi connectivity index (χ2n) is 10.9. The van der Waals surface area contributed by atoms with Crippen LogP contribution in [-0.4, -0.2) is 0 Å². The Kier molecular flexibility index (Phi) is 4.42. The van der Waals surface area contributed by atoms with Crippen LogP contribution >= 0.6 is 0 Å². The largest absolute Gasteiger partial charge is 0.0616 e. The van der Waals surface area contributed by atoms with Crippen molar-refractivity contribution in [2.45, 2.75) is 0 Å². The standard InChI is InChI=1S/2C20H12/c1-2-6-15-12-19-17-10-4-8-13-7-3-9-16(20(13)17)18(19)11-14(15)5-1;1-2-7-14-13(6-1)12-19-16-9-4-3-8-15(16)18-11-5-10-17(14)20(18)19/h2*1-12H. The van der Waals surface area contributed by atoms with E-state index in [2.05, 4.69) is 146 Å². The van der Waals surface area contributed by atoms with E-state index in [0.717, 1.165) is 0 Å². The van der Waals surface area contributed by atoms with Gasteiger partial charge in [0.05, 0.1) is 0 Å². The third-order valence-electron chi connectivity index (χ3n) is 8.76. The summed E-state index contributed by atoms with van der Waals surface area (Å²) in [6.45, 7) is 0. The second kappa shape index (κ2) is 8.15. The Morgan fingerprint density at radius 3 is 1.32 bits per heavy atom. The molecule has 0 N–H and O–H groups in total. The highest BCUT2D eigenvalue weighted by atomic mass is 14.3. The van der Waals surface area contributed by atoms with E-state index in [0.29, 0.717) is 0 Å². The first-order valence-electron chi connectivity index (χ1n) is 13.9. The van der Waals surface area contributed by atoms with Gasteiger partial charge >= 0.3 is 0 Å². The fourth-order valence-corrected chi connectivity index (χ4v) is 7.03. The summed E-state index contributed by atoms with van der Waals surface area (Å²) in [6, 6.07) is 52.9. The van der Waals surface area contributed by atoms with Crippen LogP contribution in [0.4, 0.5) is 0 Å². The number of benzene rings is 8. The normalized spacial score (nSPS) is 12.0. The summed E-state index contributed by atoms with van der Waals surface area (Å²) in [4.78, 5) is 0. The van der Waals surface area contributed by atoms with Gasteiger partial charge in [-0.3, -0.25) is 0 Å². The lowest BCUT2D eigenvalue weighted by Crippen LogP contribution is -1.79. The molecular weight excluding hydrogens is 480 g/mol. The SMILES string of the molecule is c1ccc2c(c1)-c1cccc3c1c-2cc1ccccc13.c1ccc2cc3c(cc2c1)-c1cccc2cccc-3c12. The van der Waals surface area contributed by atoms with Crippen molar-refractivity contribution in [3.63, 3.8) is 0 Å². The fourth-order valence-electron chi connectivity index (χ4n) is 7.03. The topological polar surface area (TPSA) is 0 Å². The van der Waals surface area contributed by atoms with Gasteiger partial charge in [0.1, 0.15) is 0 Å². The number of fused-ring (bicyclic) bond motifs is 9. The molecule has 0 heteroatoms. The van der Waals surface area contributed by atoms with E-state index in [1.807, 2.05) is 0 Å². The van der Waals surface area contributed by atoms with Crippen LogP contribution in [0.3, 0.4) is 0 Å². The van der Waals surface area contributed by atoms with Crippen LogP contribution in [0.15, 0.2) is 146 Å². The molecule has 0 fully saturated rings. The van der Waals surface area contributed by atoms with E-state index in [4.69, 9.17) is 0 Å². The zero-order valence-electron chi connectivity index (χ0n) is 21.9. The Hall–Kier alpha value is -5.20. The molecule has 0 spiro atoms. The molecule has 184 valence electrons. The van der Waals surface area contributed by atoms with Crippen molar-refractivity contribution in [1.82, 2.24) is 0 Å². The van der Waals surface area contributed by atoms with Crippen LogP contribution < -0.4 is 0 Å². The van der Waals surface area contributed by atoms with Crippen molar-refractivity contribution >= 4 is 43.1 Å². The summed E-state index contributed by atoms with van der Waals surface area (Å²) < 4.78 is 0. The van der Waals surface area contributed by atoms with Crippen molar-refractivity contribution < 1.29 is 0 Å². The molecule has 10 rings (SSSR count). The summed E-state index contributed by atoms with van der Waals surface area (Å²) in [5.41, 5.74) is 11.0. The Labute approximate surface area is 232 Å². The van der Waals surface area contributed by atoms with E-state index in [9.17, 15) is 0 Å². The van der Waals surface area contributed by atoms with Gasteiger partial charge in [-0.25, -0.2) is 0 Å². The number of hydrogen-bond donors (Lipinski definition) is 0. The molecule has 0 aliphatic heterocycles. The lowest BCUT2D eigenvalue weighted by atomic mass is 9.97. The van der Waals surface area contributed by atoms with Gasteiger partial charge in [0.2, 0.25) is 0 Å². The molecule has 0 aromatic heterocycles. The fraction of sp³-hybridized carbons (Fsp3) is 0. The molecule has 0 bridgehead atoms. The van der Waals surface area contributed by atoms with E-state index in [-0.39, 0.29) is 0 Å². The van der Waals surface area contributed by atoms with E-state index in [1.54, 1.807) is 0 Å². The van der Waals surface area contributed by atoms with Crippen molar-refractivity contribution in [2.75, 3.05) is 0 Å². The lowest BCUT2D eigenvalue weighted by molar-refractivity contribution is 1.70. The monoisotopic (exact) mass is 504 g/mol.